The predicted molar refractivity (Wildman–Crippen MR) is 94.2 cm³/mol. The molecule has 0 amide bonds. The van der Waals surface area contributed by atoms with E-state index in [2.05, 4.69) is 6.92 Å². The minimum Gasteiger partial charge on any atom is -0.463 e. The highest BCUT2D eigenvalue weighted by atomic mass is 16.6. The van der Waals surface area contributed by atoms with E-state index in [0.717, 1.165) is 12.0 Å². The molecule has 0 unspecified atom stereocenters. The molecule has 0 radical (unpaired) electrons. The van der Waals surface area contributed by atoms with Gasteiger partial charge in [0.2, 0.25) is 0 Å². The second-order valence-corrected chi connectivity index (χ2v) is 7.14. The van der Waals surface area contributed by atoms with Gasteiger partial charge in [-0.1, -0.05) is 46.2 Å². The van der Waals surface area contributed by atoms with Crippen LogP contribution in [0, 0.1) is 11.8 Å². The minimum atomic E-state index is -0.209. The normalized spacial score (nSPS) is 20.2. The molecule has 0 N–H and O–H groups in total. The average Bonchev–Trinajstić information content (AvgIpc) is 3.32. The third-order valence-electron chi connectivity index (χ3n) is 4.22. The summed E-state index contributed by atoms with van der Waals surface area (Å²) in [5.74, 6) is 0.759. The van der Waals surface area contributed by atoms with E-state index in [4.69, 9.17) is 14.2 Å². The van der Waals surface area contributed by atoms with Crippen molar-refractivity contribution >= 4 is 11.9 Å². The lowest BCUT2D eigenvalue weighted by Gasteiger charge is -2.08. The fourth-order valence-electron chi connectivity index (χ4n) is 2.46. The van der Waals surface area contributed by atoms with Crippen LogP contribution in [0.3, 0.4) is 0 Å². The molecule has 1 aliphatic rings. The van der Waals surface area contributed by atoms with Gasteiger partial charge in [-0.25, -0.2) is 0 Å². The molecule has 1 aromatic rings. The fourth-order valence-corrected chi connectivity index (χ4v) is 2.46. The molecule has 0 aromatic heterocycles. The van der Waals surface area contributed by atoms with Crippen LogP contribution in [0.25, 0.3) is 0 Å². The van der Waals surface area contributed by atoms with Gasteiger partial charge in [0.1, 0.15) is 24.6 Å². The summed E-state index contributed by atoms with van der Waals surface area (Å²) in [6, 6.07) is 7.31. The first-order valence-electron chi connectivity index (χ1n) is 9.00. The second kappa shape index (κ2) is 8.99. The quantitative estimate of drug-likeness (QED) is 0.382. The van der Waals surface area contributed by atoms with E-state index < -0.39 is 0 Å². The van der Waals surface area contributed by atoms with E-state index in [1.165, 1.54) is 0 Å². The third-order valence-corrected chi connectivity index (χ3v) is 4.22. The van der Waals surface area contributed by atoms with Gasteiger partial charge in [0, 0.05) is 12.8 Å². The maximum absolute atomic E-state index is 11.8. The average molecular weight is 348 g/mol. The summed E-state index contributed by atoms with van der Waals surface area (Å²) in [6.07, 6.45) is 1.66. The van der Waals surface area contributed by atoms with Crippen LogP contribution in [0.2, 0.25) is 0 Å². The van der Waals surface area contributed by atoms with Gasteiger partial charge in [-0.15, -0.1) is 0 Å². The Morgan fingerprint density at radius 3 is 2.36 bits per heavy atom. The summed E-state index contributed by atoms with van der Waals surface area (Å²) in [4.78, 5) is 23.3. The van der Waals surface area contributed by atoms with Crippen molar-refractivity contribution in [2.75, 3.05) is 6.61 Å². The lowest BCUT2D eigenvalue weighted by atomic mass is 10.1. The predicted octanol–water partition coefficient (Wildman–Crippen LogP) is 4.06. The highest BCUT2D eigenvalue weighted by molar-refractivity contribution is 5.72. The van der Waals surface area contributed by atoms with Crippen LogP contribution in [0.15, 0.2) is 24.3 Å². The number of carbonyl (C=O) groups is 2. The van der Waals surface area contributed by atoms with Crippen LogP contribution in [-0.2, 0) is 19.1 Å². The molecule has 1 heterocycles. The third kappa shape index (κ3) is 6.50. The Morgan fingerprint density at radius 2 is 1.76 bits per heavy atom. The van der Waals surface area contributed by atoms with Crippen molar-refractivity contribution in [2.24, 2.45) is 11.8 Å². The molecule has 1 saturated heterocycles. The molecule has 2 rings (SSSR count). The number of benzene rings is 1. The van der Waals surface area contributed by atoms with Crippen molar-refractivity contribution in [1.82, 2.24) is 0 Å². The van der Waals surface area contributed by atoms with Crippen molar-refractivity contribution in [1.29, 1.82) is 0 Å². The van der Waals surface area contributed by atoms with E-state index in [0.29, 0.717) is 30.4 Å². The Balaban J connectivity index is 1.76. The van der Waals surface area contributed by atoms with Gasteiger partial charge >= 0.3 is 11.9 Å². The van der Waals surface area contributed by atoms with Gasteiger partial charge in [-0.05, 0) is 29.5 Å². The number of esters is 2. The van der Waals surface area contributed by atoms with E-state index >= 15 is 0 Å². The highest BCUT2D eigenvalue weighted by Crippen LogP contribution is 2.39. The summed E-state index contributed by atoms with van der Waals surface area (Å²) in [6.45, 7) is 8.33. The summed E-state index contributed by atoms with van der Waals surface area (Å²) < 4.78 is 16.1. The van der Waals surface area contributed by atoms with Crippen LogP contribution < -0.4 is 4.74 Å². The van der Waals surface area contributed by atoms with Gasteiger partial charge in [0.25, 0.3) is 0 Å². The van der Waals surface area contributed by atoms with E-state index in [9.17, 15) is 9.59 Å². The van der Waals surface area contributed by atoms with Gasteiger partial charge in [-0.3, -0.25) is 9.59 Å². The molecule has 0 aliphatic carbocycles. The Hall–Kier alpha value is -1.88. The zero-order valence-electron chi connectivity index (χ0n) is 15.5. The zero-order chi connectivity index (χ0) is 18.4. The van der Waals surface area contributed by atoms with Gasteiger partial charge in [0.05, 0.1) is 0 Å². The summed E-state index contributed by atoms with van der Waals surface area (Å²) in [7, 11) is 0. The number of epoxide rings is 1. The summed E-state index contributed by atoms with van der Waals surface area (Å²) in [5, 5.41) is 0. The molecule has 5 nitrogen and oxygen atoms in total. The smallest absolute Gasteiger partial charge is 0.311 e. The van der Waals surface area contributed by atoms with E-state index in [1.807, 2.05) is 32.9 Å². The molecular formula is C20H28O5. The lowest BCUT2D eigenvalue weighted by molar-refractivity contribution is -0.145. The van der Waals surface area contributed by atoms with E-state index in [1.54, 1.807) is 12.1 Å². The molecule has 138 valence electrons. The molecule has 1 aromatic carbocycles. The molecule has 0 bridgehead atoms. The number of rotatable bonds is 9. The maximum Gasteiger partial charge on any atom is 0.311 e. The van der Waals surface area contributed by atoms with Crippen LogP contribution in [0.4, 0.5) is 0 Å². The van der Waals surface area contributed by atoms with Crippen molar-refractivity contribution < 1.29 is 23.8 Å². The largest absolute Gasteiger partial charge is 0.463 e. The Labute approximate surface area is 149 Å². The van der Waals surface area contributed by atoms with Crippen LogP contribution in [0.5, 0.6) is 5.75 Å². The summed E-state index contributed by atoms with van der Waals surface area (Å²) >= 11 is 0. The van der Waals surface area contributed by atoms with Crippen LogP contribution in [0.1, 0.15) is 58.6 Å². The first-order valence-corrected chi connectivity index (χ1v) is 9.00. The second-order valence-electron chi connectivity index (χ2n) is 7.14. The number of ether oxygens (including phenoxy) is 3. The number of hydrogen-bond donors (Lipinski definition) is 0. The summed E-state index contributed by atoms with van der Waals surface area (Å²) in [5.41, 5.74) is 0.992. The molecular weight excluding hydrogens is 320 g/mol. The highest BCUT2D eigenvalue weighted by Gasteiger charge is 2.41. The molecule has 3 atom stereocenters. The number of carbonyl (C=O) groups excluding carboxylic acids is 2. The first-order chi connectivity index (χ1) is 11.9. The molecule has 1 aliphatic heterocycles. The SMILES string of the molecule is CC[C@H](C)CC(=O)Oc1ccc([C@H]2O[C@@H]2COC(=O)CC(C)C)cc1. The molecule has 0 saturated carbocycles. The number of hydrogen-bond acceptors (Lipinski definition) is 5. The monoisotopic (exact) mass is 348 g/mol. The van der Waals surface area contributed by atoms with Crippen molar-refractivity contribution in [3.05, 3.63) is 29.8 Å². The standard InChI is InChI=1S/C20H28O5/c1-5-14(4)11-19(22)24-16-8-6-15(7-9-16)20-17(25-20)12-23-18(21)10-13(2)3/h6-9,13-14,17,20H,5,10-12H2,1-4H3/t14-,17+,20+/m0/s1. The Bertz CT molecular complexity index is 578. The molecule has 0 spiro atoms. The fraction of sp³-hybridized carbons (Fsp3) is 0.600. The van der Waals surface area contributed by atoms with Crippen molar-refractivity contribution in [3.63, 3.8) is 0 Å². The Morgan fingerprint density at radius 1 is 1.08 bits per heavy atom. The van der Waals surface area contributed by atoms with Crippen LogP contribution >= 0.6 is 0 Å². The van der Waals surface area contributed by atoms with Gasteiger partial charge in [0.15, 0.2) is 0 Å². The first kappa shape index (κ1) is 19.4. The molecule has 1 fully saturated rings. The van der Waals surface area contributed by atoms with Gasteiger partial charge < -0.3 is 14.2 Å². The van der Waals surface area contributed by atoms with Crippen LogP contribution in [-0.4, -0.2) is 24.6 Å². The molecule has 5 heteroatoms. The Kier molecular flexibility index (Phi) is 7.00. The maximum atomic E-state index is 11.8. The minimum absolute atomic E-state index is 0.0586. The van der Waals surface area contributed by atoms with E-state index in [-0.39, 0.29) is 30.8 Å². The molecule has 25 heavy (non-hydrogen) atoms. The zero-order valence-corrected chi connectivity index (χ0v) is 15.5. The lowest BCUT2D eigenvalue weighted by Crippen LogP contribution is -2.12. The van der Waals surface area contributed by atoms with Crippen molar-refractivity contribution in [2.45, 2.75) is 59.2 Å². The topological polar surface area (TPSA) is 65.1 Å². The van der Waals surface area contributed by atoms with Gasteiger partial charge in [-0.2, -0.15) is 0 Å². The van der Waals surface area contributed by atoms with Crippen molar-refractivity contribution in [3.8, 4) is 5.75 Å².